The van der Waals surface area contributed by atoms with Gasteiger partial charge in [0.05, 0.1) is 0 Å². The van der Waals surface area contributed by atoms with Gasteiger partial charge >= 0.3 is 0 Å². The van der Waals surface area contributed by atoms with Crippen LogP contribution < -0.4 is 5.32 Å². The quantitative estimate of drug-likeness (QED) is 0.844. The number of piperidine rings is 1. The van der Waals surface area contributed by atoms with Crippen LogP contribution in [0.5, 0.6) is 0 Å². The molecule has 0 saturated carbocycles. The van der Waals surface area contributed by atoms with E-state index in [2.05, 4.69) is 5.32 Å². The summed E-state index contributed by atoms with van der Waals surface area (Å²) >= 11 is 0. The first-order valence-electron chi connectivity index (χ1n) is 6.63. The molecule has 0 radical (unpaired) electrons. The highest BCUT2D eigenvalue weighted by Gasteiger charge is 2.13. The van der Waals surface area contributed by atoms with Crippen molar-refractivity contribution in [3.05, 3.63) is 35.9 Å². The highest BCUT2D eigenvalue weighted by molar-refractivity contribution is 5.80. The molecule has 0 amide bonds. The second kappa shape index (κ2) is 6.55. The number of benzene rings is 1. The average molecular weight is 231 g/mol. The van der Waals surface area contributed by atoms with Crippen LogP contribution in [0, 0.1) is 0 Å². The van der Waals surface area contributed by atoms with E-state index in [9.17, 15) is 4.79 Å². The monoisotopic (exact) mass is 231 g/mol. The van der Waals surface area contributed by atoms with Crippen molar-refractivity contribution in [3.8, 4) is 0 Å². The molecule has 1 aromatic rings. The van der Waals surface area contributed by atoms with Gasteiger partial charge in [0, 0.05) is 18.9 Å². The minimum absolute atomic E-state index is 0.364. The summed E-state index contributed by atoms with van der Waals surface area (Å²) in [6, 6.07) is 10.6. The van der Waals surface area contributed by atoms with Crippen molar-refractivity contribution in [2.45, 2.75) is 44.6 Å². The molecule has 2 nitrogen and oxygen atoms in total. The Kier molecular flexibility index (Phi) is 4.75. The SMILES string of the molecule is O=C(CCC1CCCCN1)Cc1ccccc1. The highest BCUT2D eigenvalue weighted by atomic mass is 16.1. The minimum atomic E-state index is 0.364. The van der Waals surface area contributed by atoms with Crippen LogP contribution in [0.3, 0.4) is 0 Å². The standard InChI is InChI=1S/C15H21NO/c17-15(12-13-6-2-1-3-7-13)10-9-14-8-4-5-11-16-14/h1-3,6-7,14,16H,4-5,8-12H2. The van der Waals surface area contributed by atoms with E-state index in [1.807, 2.05) is 30.3 Å². The first-order chi connectivity index (χ1) is 8.34. The predicted octanol–water partition coefficient (Wildman–Crippen LogP) is 2.72. The fourth-order valence-corrected chi connectivity index (χ4v) is 2.42. The topological polar surface area (TPSA) is 29.1 Å². The molecule has 1 fully saturated rings. The van der Waals surface area contributed by atoms with Crippen LogP contribution >= 0.6 is 0 Å². The largest absolute Gasteiger partial charge is 0.314 e. The van der Waals surface area contributed by atoms with Gasteiger partial charge < -0.3 is 5.32 Å². The molecule has 0 bridgehead atoms. The number of rotatable bonds is 5. The molecule has 0 spiro atoms. The van der Waals surface area contributed by atoms with Crippen molar-refractivity contribution in [1.82, 2.24) is 5.32 Å². The van der Waals surface area contributed by atoms with Crippen LogP contribution in [0.4, 0.5) is 0 Å². The summed E-state index contributed by atoms with van der Waals surface area (Å²) < 4.78 is 0. The molecule has 17 heavy (non-hydrogen) atoms. The average Bonchev–Trinajstić information content (AvgIpc) is 2.39. The Morgan fingerprint density at radius 2 is 2.06 bits per heavy atom. The van der Waals surface area contributed by atoms with Crippen LogP contribution in [0.2, 0.25) is 0 Å². The summed E-state index contributed by atoms with van der Waals surface area (Å²) in [5.41, 5.74) is 1.13. The molecule has 2 rings (SSSR count). The Morgan fingerprint density at radius 3 is 2.76 bits per heavy atom. The van der Waals surface area contributed by atoms with E-state index < -0.39 is 0 Å². The molecular weight excluding hydrogens is 210 g/mol. The van der Waals surface area contributed by atoms with Gasteiger partial charge in [0.15, 0.2) is 0 Å². The molecule has 0 aromatic heterocycles. The first kappa shape index (κ1) is 12.3. The number of carbonyl (C=O) groups is 1. The van der Waals surface area contributed by atoms with Crippen molar-refractivity contribution in [3.63, 3.8) is 0 Å². The molecule has 1 atom stereocenters. The zero-order valence-electron chi connectivity index (χ0n) is 10.3. The Bertz CT molecular complexity index is 341. The minimum Gasteiger partial charge on any atom is -0.314 e. The van der Waals surface area contributed by atoms with E-state index in [0.717, 1.165) is 18.5 Å². The molecule has 1 saturated heterocycles. The van der Waals surface area contributed by atoms with Crippen LogP contribution in [0.25, 0.3) is 0 Å². The maximum Gasteiger partial charge on any atom is 0.137 e. The molecule has 1 heterocycles. The van der Waals surface area contributed by atoms with E-state index in [4.69, 9.17) is 0 Å². The van der Waals surface area contributed by atoms with Gasteiger partial charge in [-0.15, -0.1) is 0 Å². The van der Waals surface area contributed by atoms with Crippen LogP contribution in [-0.4, -0.2) is 18.4 Å². The number of carbonyl (C=O) groups excluding carboxylic acids is 1. The highest BCUT2D eigenvalue weighted by Crippen LogP contribution is 2.13. The summed E-state index contributed by atoms with van der Waals surface area (Å²) in [7, 11) is 0. The third-order valence-corrected chi connectivity index (χ3v) is 3.43. The maximum absolute atomic E-state index is 11.8. The second-order valence-corrected chi connectivity index (χ2v) is 4.89. The summed E-state index contributed by atoms with van der Waals surface area (Å²) in [4.78, 5) is 11.8. The van der Waals surface area contributed by atoms with Crippen molar-refractivity contribution in [2.75, 3.05) is 6.54 Å². The maximum atomic E-state index is 11.8. The van der Waals surface area contributed by atoms with Crippen molar-refractivity contribution >= 4 is 5.78 Å². The molecular formula is C15H21NO. The molecule has 0 aliphatic carbocycles. The van der Waals surface area contributed by atoms with E-state index in [0.29, 0.717) is 24.7 Å². The van der Waals surface area contributed by atoms with Crippen LogP contribution in [0.15, 0.2) is 30.3 Å². The fraction of sp³-hybridized carbons (Fsp3) is 0.533. The number of ketones is 1. The van der Waals surface area contributed by atoms with Gasteiger partial charge in [-0.25, -0.2) is 0 Å². The predicted molar refractivity (Wildman–Crippen MR) is 70.0 cm³/mol. The Hall–Kier alpha value is -1.15. The second-order valence-electron chi connectivity index (χ2n) is 4.89. The Balaban J connectivity index is 1.70. The normalized spacial score (nSPS) is 20.1. The third-order valence-electron chi connectivity index (χ3n) is 3.43. The van der Waals surface area contributed by atoms with Crippen LogP contribution in [0.1, 0.15) is 37.7 Å². The molecule has 1 aromatic carbocycles. The van der Waals surface area contributed by atoms with Crippen molar-refractivity contribution < 1.29 is 4.79 Å². The lowest BCUT2D eigenvalue weighted by atomic mass is 9.97. The van der Waals surface area contributed by atoms with Crippen molar-refractivity contribution in [1.29, 1.82) is 0 Å². The van der Waals surface area contributed by atoms with E-state index >= 15 is 0 Å². The van der Waals surface area contributed by atoms with Gasteiger partial charge in [0.1, 0.15) is 5.78 Å². The van der Waals surface area contributed by atoms with E-state index in [-0.39, 0.29) is 0 Å². The van der Waals surface area contributed by atoms with Crippen molar-refractivity contribution in [2.24, 2.45) is 0 Å². The molecule has 2 heteroatoms. The molecule has 92 valence electrons. The van der Waals surface area contributed by atoms with Gasteiger partial charge in [-0.2, -0.15) is 0 Å². The van der Waals surface area contributed by atoms with E-state index in [1.54, 1.807) is 0 Å². The van der Waals surface area contributed by atoms with Gasteiger partial charge in [-0.3, -0.25) is 4.79 Å². The molecule has 1 aliphatic heterocycles. The number of nitrogens with one attached hydrogen (secondary N) is 1. The third kappa shape index (κ3) is 4.31. The summed E-state index contributed by atoms with van der Waals surface area (Å²) in [5, 5.41) is 3.49. The van der Waals surface area contributed by atoms with Gasteiger partial charge in [-0.1, -0.05) is 36.8 Å². The Morgan fingerprint density at radius 1 is 1.24 bits per heavy atom. The van der Waals surface area contributed by atoms with Crippen LogP contribution in [-0.2, 0) is 11.2 Å². The summed E-state index contributed by atoms with van der Waals surface area (Å²) in [5.74, 6) is 0.364. The first-order valence-corrected chi connectivity index (χ1v) is 6.63. The lowest BCUT2D eigenvalue weighted by Crippen LogP contribution is -2.34. The van der Waals surface area contributed by atoms with E-state index in [1.165, 1.54) is 19.3 Å². The number of hydrogen-bond donors (Lipinski definition) is 1. The van der Waals surface area contributed by atoms with Gasteiger partial charge in [-0.05, 0) is 31.4 Å². The zero-order valence-corrected chi connectivity index (χ0v) is 10.3. The Labute approximate surface area is 103 Å². The smallest absolute Gasteiger partial charge is 0.137 e. The lowest BCUT2D eigenvalue weighted by molar-refractivity contribution is -0.118. The summed E-state index contributed by atoms with van der Waals surface area (Å²) in [6.45, 7) is 1.12. The number of hydrogen-bond acceptors (Lipinski definition) is 2. The molecule has 1 aliphatic rings. The fourth-order valence-electron chi connectivity index (χ4n) is 2.42. The van der Waals surface area contributed by atoms with Gasteiger partial charge in [0.25, 0.3) is 0 Å². The van der Waals surface area contributed by atoms with Gasteiger partial charge in [0.2, 0.25) is 0 Å². The number of Topliss-reactive ketones (excluding diaryl/α,β-unsaturated/α-hetero) is 1. The molecule has 1 N–H and O–H groups in total. The lowest BCUT2D eigenvalue weighted by Gasteiger charge is -2.22. The zero-order chi connectivity index (χ0) is 11.9. The molecule has 1 unspecified atom stereocenters. The summed E-state index contributed by atoms with van der Waals surface area (Å²) in [6.07, 6.45) is 6.14.